The monoisotopic (exact) mass is 369 g/mol. The molecule has 5 heteroatoms. The van der Waals surface area contributed by atoms with Crippen LogP contribution in [0.25, 0.3) is 10.8 Å². The fourth-order valence-corrected chi connectivity index (χ4v) is 3.27. The van der Waals surface area contributed by atoms with Crippen LogP contribution < -0.4 is 5.32 Å². The van der Waals surface area contributed by atoms with Gasteiger partial charge in [-0.05, 0) is 29.3 Å². The van der Waals surface area contributed by atoms with E-state index in [2.05, 4.69) is 15.3 Å². The van der Waals surface area contributed by atoms with Crippen LogP contribution in [0.1, 0.15) is 33.4 Å². The lowest BCUT2D eigenvalue weighted by molar-refractivity contribution is 0.0937. The molecule has 1 amide bonds. The van der Waals surface area contributed by atoms with Gasteiger partial charge >= 0.3 is 0 Å². The zero-order chi connectivity index (χ0) is 19.5. The lowest BCUT2D eigenvalue weighted by atomic mass is 9.92. The van der Waals surface area contributed by atoms with Crippen LogP contribution in [0, 0.1) is 6.92 Å². The average molecular weight is 369 g/mol. The summed E-state index contributed by atoms with van der Waals surface area (Å²) in [6.07, 6.45) is 3.01. The van der Waals surface area contributed by atoms with Crippen molar-refractivity contribution in [2.24, 2.45) is 0 Å². The highest BCUT2D eigenvalue weighted by Crippen LogP contribution is 2.35. The minimum atomic E-state index is -0.539. The third-order valence-corrected chi connectivity index (χ3v) is 4.66. The summed E-state index contributed by atoms with van der Waals surface area (Å²) in [7, 11) is 0. The number of aryl methyl sites for hydroxylation is 1. The molecule has 0 radical (unpaired) electrons. The molecule has 4 aromatic rings. The van der Waals surface area contributed by atoms with E-state index in [1.807, 2.05) is 67.6 Å². The van der Waals surface area contributed by atoms with Gasteiger partial charge in [-0.1, -0.05) is 60.7 Å². The molecule has 0 spiro atoms. The minimum Gasteiger partial charge on any atom is -0.508 e. The Balaban J connectivity index is 1.83. The van der Waals surface area contributed by atoms with Gasteiger partial charge in [-0.15, -0.1) is 0 Å². The van der Waals surface area contributed by atoms with E-state index in [9.17, 15) is 9.90 Å². The van der Waals surface area contributed by atoms with E-state index < -0.39 is 6.04 Å². The Morgan fingerprint density at radius 2 is 1.68 bits per heavy atom. The van der Waals surface area contributed by atoms with E-state index in [0.29, 0.717) is 5.56 Å². The van der Waals surface area contributed by atoms with Gasteiger partial charge in [-0.3, -0.25) is 9.78 Å². The highest BCUT2D eigenvalue weighted by molar-refractivity contribution is 5.94. The fraction of sp³-hybridized carbons (Fsp3) is 0.0870. The molecule has 1 atom stereocenters. The van der Waals surface area contributed by atoms with Crippen molar-refractivity contribution in [3.05, 3.63) is 102 Å². The molecule has 1 aromatic heterocycles. The van der Waals surface area contributed by atoms with Gasteiger partial charge < -0.3 is 10.4 Å². The second-order valence-corrected chi connectivity index (χ2v) is 6.58. The smallest absolute Gasteiger partial charge is 0.272 e. The summed E-state index contributed by atoms with van der Waals surface area (Å²) in [6, 6.07) is 20.3. The van der Waals surface area contributed by atoms with Crippen molar-refractivity contribution in [2.45, 2.75) is 13.0 Å². The van der Waals surface area contributed by atoms with Gasteiger partial charge in [0, 0.05) is 11.8 Å². The van der Waals surface area contributed by atoms with Crippen molar-refractivity contribution in [2.75, 3.05) is 0 Å². The molecular weight excluding hydrogens is 350 g/mol. The maximum Gasteiger partial charge on any atom is 0.272 e. The Hall–Kier alpha value is -3.73. The summed E-state index contributed by atoms with van der Waals surface area (Å²) in [5.41, 5.74) is 2.48. The molecule has 5 nitrogen and oxygen atoms in total. The van der Waals surface area contributed by atoms with E-state index in [1.54, 1.807) is 12.3 Å². The third-order valence-electron chi connectivity index (χ3n) is 4.66. The van der Waals surface area contributed by atoms with Crippen molar-refractivity contribution in [1.82, 2.24) is 15.3 Å². The van der Waals surface area contributed by atoms with Crippen LogP contribution in [-0.2, 0) is 0 Å². The molecule has 0 aliphatic heterocycles. The Labute approximate surface area is 162 Å². The van der Waals surface area contributed by atoms with E-state index in [1.165, 1.54) is 6.20 Å². The summed E-state index contributed by atoms with van der Waals surface area (Å²) >= 11 is 0. The Morgan fingerprint density at radius 1 is 0.929 bits per heavy atom. The molecule has 138 valence electrons. The number of rotatable bonds is 4. The maximum atomic E-state index is 12.9. The summed E-state index contributed by atoms with van der Waals surface area (Å²) in [5.74, 6) is -0.225. The number of phenols is 1. The van der Waals surface area contributed by atoms with E-state index in [4.69, 9.17) is 0 Å². The van der Waals surface area contributed by atoms with Crippen LogP contribution >= 0.6 is 0 Å². The highest BCUT2D eigenvalue weighted by Gasteiger charge is 2.23. The van der Waals surface area contributed by atoms with Crippen molar-refractivity contribution in [3.63, 3.8) is 0 Å². The number of carbonyl (C=O) groups is 1. The van der Waals surface area contributed by atoms with Gasteiger partial charge in [-0.25, -0.2) is 4.98 Å². The van der Waals surface area contributed by atoms with Crippen molar-refractivity contribution < 1.29 is 9.90 Å². The molecule has 1 unspecified atom stereocenters. The van der Waals surface area contributed by atoms with Gasteiger partial charge in [0.05, 0.1) is 17.9 Å². The first-order chi connectivity index (χ1) is 13.6. The molecule has 28 heavy (non-hydrogen) atoms. The number of nitrogens with zero attached hydrogens (tertiary/aromatic N) is 2. The molecular formula is C23H19N3O2. The van der Waals surface area contributed by atoms with Gasteiger partial charge in [0.15, 0.2) is 0 Å². The van der Waals surface area contributed by atoms with Crippen LogP contribution in [-0.4, -0.2) is 21.0 Å². The summed E-state index contributed by atoms with van der Waals surface area (Å²) < 4.78 is 0. The molecule has 0 fully saturated rings. The number of benzene rings is 3. The number of carbonyl (C=O) groups excluding carboxylic acids is 1. The number of amides is 1. The van der Waals surface area contributed by atoms with E-state index >= 15 is 0 Å². The molecule has 0 bridgehead atoms. The lowest BCUT2D eigenvalue weighted by Gasteiger charge is -2.22. The van der Waals surface area contributed by atoms with Gasteiger partial charge in [0.1, 0.15) is 11.4 Å². The highest BCUT2D eigenvalue weighted by atomic mass is 16.3. The predicted molar refractivity (Wildman–Crippen MR) is 108 cm³/mol. The summed E-state index contributed by atoms with van der Waals surface area (Å²) in [4.78, 5) is 21.2. The second kappa shape index (κ2) is 7.48. The van der Waals surface area contributed by atoms with Gasteiger partial charge in [0.2, 0.25) is 0 Å². The molecule has 0 aliphatic carbocycles. The topological polar surface area (TPSA) is 75.1 Å². The summed E-state index contributed by atoms with van der Waals surface area (Å²) in [6.45, 7) is 1.82. The standard InChI is InChI=1S/C23H19N3O2/c1-15-13-25-19(14-24-15)23(28)26-22(17-8-3-2-4-9-17)21-18-10-6-5-7-16(18)11-12-20(21)27/h2-14,22,27H,1H3,(H,26,28). The average Bonchev–Trinajstić information content (AvgIpc) is 2.73. The minimum absolute atomic E-state index is 0.128. The number of aromatic nitrogens is 2. The van der Waals surface area contributed by atoms with Gasteiger partial charge in [0.25, 0.3) is 5.91 Å². The van der Waals surface area contributed by atoms with Crippen LogP contribution in [0.2, 0.25) is 0 Å². The largest absolute Gasteiger partial charge is 0.508 e. The first-order valence-electron chi connectivity index (χ1n) is 8.98. The molecule has 0 saturated carbocycles. The number of hydrogen-bond acceptors (Lipinski definition) is 4. The lowest BCUT2D eigenvalue weighted by Crippen LogP contribution is -2.30. The Kier molecular flexibility index (Phi) is 4.72. The Morgan fingerprint density at radius 3 is 2.43 bits per heavy atom. The number of hydrogen-bond donors (Lipinski definition) is 2. The fourth-order valence-electron chi connectivity index (χ4n) is 3.27. The van der Waals surface area contributed by atoms with Crippen molar-refractivity contribution in [3.8, 4) is 5.75 Å². The second-order valence-electron chi connectivity index (χ2n) is 6.58. The molecule has 0 aliphatic rings. The number of phenolic OH excluding ortho intramolecular Hbond substituents is 1. The number of aromatic hydroxyl groups is 1. The zero-order valence-electron chi connectivity index (χ0n) is 15.3. The Bertz CT molecular complexity index is 1130. The first kappa shape index (κ1) is 17.7. The van der Waals surface area contributed by atoms with E-state index in [0.717, 1.165) is 22.0 Å². The number of fused-ring (bicyclic) bond motifs is 1. The molecule has 1 heterocycles. The van der Waals surface area contributed by atoms with Crippen molar-refractivity contribution >= 4 is 16.7 Å². The van der Waals surface area contributed by atoms with Crippen LogP contribution in [0.4, 0.5) is 0 Å². The van der Waals surface area contributed by atoms with Crippen LogP contribution in [0.3, 0.4) is 0 Å². The van der Waals surface area contributed by atoms with Crippen LogP contribution in [0.5, 0.6) is 5.75 Å². The van der Waals surface area contributed by atoms with E-state index in [-0.39, 0.29) is 17.4 Å². The van der Waals surface area contributed by atoms with Crippen molar-refractivity contribution in [1.29, 1.82) is 0 Å². The van der Waals surface area contributed by atoms with Crippen LogP contribution in [0.15, 0.2) is 79.1 Å². The molecule has 4 rings (SSSR count). The molecule has 0 saturated heterocycles. The quantitative estimate of drug-likeness (QED) is 0.566. The molecule has 2 N–H and O–H groups in total. The normalized spacial score (nSPS) is 11.9. The summed E-state index contributed by atoms with van der Waals surface area (Å²) in [5, 5.41) is 15.6. The zero-order valence-corrected chi connectivity index (χ0v) is 15.3. The SMILES string of the molecule is Cc1cnc(C(=O)NC(c2ccccc2)c2c(O)ccc3ccccc23)cn1. The van der Waals surface area contributed by atoms with Gasteiger partial charge in [-0.2, -0.15) is 0 Å². The maximum absolute atomic E-state index is 12.9. The molecule has 3 aromatic carbocycles. The number of nitrogens with one attached hydrogen (secondary N) is 1. The third kappa shape index (κ3) is 3.42. The first-order valence-corrected chi connectivity index (χ1v) is 8.98. The predicted octanol–water partition coefficient (Wildman–Crippen LogP) is 4.16.